The number of nitrogens with one attached hydrogen (secondary N) is 3. The van der Waals surface area contributed by atoms with Crippen molar-refractivity contribution in [2.75, 3.05) is 30.8 Å². The van der Waals surface area contributed by atoms with Crippen LogP contribution in [0.3, 0.4) is 0 Å². The lowest BCUT2D eigenvalue weighted by molar-refractivity contribution is 0.479. The van der Waals surface area contributed by atoms with Crippen molar-refractivity contribution in [3.63, 3.8) is 0 Å². The standard InChI is InChI=1S/C22H28N4/c1-3-4-17-13-18(16-5-7-19(24-2)8-6-16)14-22(21(17)15-23)26-20-9-11-25-12-10-20/h3-8,13-15,20,24-26H,1,9-12,23H2,2H3/b17-4-,21-15+. The maximum atomic E-state index is 5.97. The molecule has 26 heavy (non-hydrogen) atoms. The van der Waals surface area contributed by atoms with Crippen LogP contribution in [0.2, 0.25) is 0 Å². The topological polar surface area (TPSA) is 62.1 Å². The van der Waals surface area contributed by atoms with Gasteiger partial charge in [0, 0.05) is 35.9 Å². The molecule has 4 nitrogen and oxygen atoms in total. The van der Waals surface area contributed by atoms with Gasteiger partial charge >= 0.3 is 0 Å². The van der Waals surface area contributed by atoms with Crippen molar-refractivity contribution in [1.29, 1.82) is 0 Å². The van der Waals surface area contributed by atoms with Gasteiger partial charge in [0.15, 0.2) is 0 Å². The Morgan fingerprint density at radius 3 is 2.46 bits per heavy atom. The largest absolute Gasteiger partial charge is 0.404 e. The molecule has 5 N–H and O–H groups in total. The summed E-state index contributed by atoms with van der Waals surface area (Å²) >= 11 is 0. The molecule has 2 aromatic rings. The van der Waals surface area contributed by atoms with E-state index in [2.05, 4.69) is 58.9 Å². The van der Waals surface area contributed by atoms with Gasteiger partial charge in [-0.25, -0.2) is 0 Å². The van der Waals surface area contributed by atoms with Crippen molar-refractivity contribution in [2.24, 2.45) is 5.73 Å². The number of anilines is 2. The summed E-state index contributed by atoms with van der Waals surface area (Å²) in [6.45, 7) is 5.96. The van der Waals surface area contributed by atoms with Gasteiger partial charge in [-0.3, -0.25) is 0 Å². The first-order valence-electron chi connectivity index (χ1n) is 9.19. The van der Waals surface area contributed by atoms with Crippen LogP contribution in [0.25, 0.3) is 23.4 Å². The zero-order valence-electron chi connectivity index (χ0n) is 15.4. The Labute approximate surface area is 155 Å². The summed E-state index contributed by atoms with van der Waals surface area (Å²) in [6, 6.07) is 13.3. The van der Waals surface area contributed by atoms with E-state index in [1.807, 2.05) is 19.2 Å². The zero-order chi connectivity index (χ0) is 18.4. The van der Waals surface area contributed by atoms with Gasteiger partial charge in [0.25, 0.3) is 0 Å². The summed E-state index contributed by atoms with van der Waals surface area (Å²) in [5.74, 6) is 0. The highest BCUT2D eigenvalue weighted by Gasteiger charge is 2.14. The predicted molar refractivity (Wildman–Crippen MR) is 114 cm³/mol. The lowest BCUT2D eigenvalue weighted by Crippen LogP contribution is -2.38. The Bertz CT molecular complexity index is 862. The van der Waals surface area contributed by atoms with Crippen molar-refractivity contribution in [1.82, 2.24) is 5.32 Å². The van der Waals surface area contributed by atoms with Crippen LogP contribution < -0.4 is 32.1 Å². The summed E-state index contributed by atoms with van der Waals surface area (Å²) < 4.78 is 0. The van der Waals surface area contributed by atoms with Crippen LogP contribution in [0.4, 0.5) is 11.4 Å². The van der Waals surface area contributed by atoms with Crippen molar-refractivity contribution < 1.29 is 0 Å². The van der Waals surface area contributed by atoms with Crippen molar-refractivity contribution in [3.05, 3.63) is 59.5 Å². The lowest BCUT2D eigenvalue weighted by atomic mass is 10.0. The smallest absolute Gasteiger partial charge is 0.0442 e. The molecule has 136 valence electrons. The van der Waals surface area contributed by atoms with E-state index in [1.54, 1.807) is 6.20 Å². The molecule has 0 unspecified atom stereocenters. The fraction of sp³-hybridized carbons (Fsp3) is 0.273. The number of piperidine rings is 1. The Morgan fingerprint density at radius 1 is 1.12 bits per heavy atom. The molecule has 3 rings (SSSR count). The molecule has 0 atom stereocenters. The highest BCUT2D eigenvalue weighted by atomic mass is 15.0. The maximum absolute atomic E-state index is 5.97. The van der Waals surface area contributed by atoms with Crippen LogP contribution in [0, 0.1) is 0 Å². The first-order valence-corrected chi connectivity index (χ1v) is 9.19. The molecule has 0 radical (unpaired) electrons. The van der Waals surface area contributed by atoms with Crippen LogP contribution in [0.1, 0.15) is 12.8 Å². The van der Waals surface area contributed by atoms with E-state index in [0.29, 0.717) is 6.04 Å². The van der Waals surface area contributed by atoms with E-state index in [0.717, 1.165) is 47.7 Å². The molecule has 0 aliphatic carbocycles. The Balaban J connectivity index is 2.07. The Morgan fingerprint density at radius 2 is 1.85 bits per heavy atom. The molecular weight excluding hydrogens is 320 g/mol. The summed E-state index contributed by atoms with van der Waals surface area (Å²) in [5, 5.41) is 12.4. The van der Waals surface area contributed by atoms with Gasteiger partial charge in [0.2, 0.25) is 0 Å². The Hall–Kier alpha value is -2.72. The summed E-state index contributed by atoms with van der Waals surface area (Å²) in [7, 11) is 1.93. The average Bonchev–Trinajstić information content (AvgIpc) is 2.69. The normalized spacial score (nSPS) is 16.5. The number of nitrogens with two attached hydrogens (primary N) is 1. The predicted octanol–water partition coefficient (Wildman–Crippen LogP) is 2.22. The molecule has 1 fully saturated rings. The van der Waals surface area contributed by atoms with E-state index >= 15 is 0 Å². The monoisotopic (exact) mass is 348 g/mol. The molecule has 1 saturated heterocycles. The fourth-order valence-electron chi connectivity index (χ4n) is 3.43. The molecule has 0 saturated carbocycles. The first-order chi connectivity index (χ1) is 12.7. The molecule has 1 aliphatic rings. The fourth-order valence-corrected chi connectivity index (χ4v) is 3.43. The van der Waals surface area contributed by atoms with E-state index < -0.39 is 0 Å². The molecular formula is C22H28N4. The molecule has 1 aliphatic heterocycles. The van der Waals surface area contributed by atoms with Gasteiger partial charge in [-0.1, -0.05) is 30.9 Å². The van der Waals surface area contributed by atoms with Crippen LogP contribution in [0.15, 0.2) is 49.1 Å². The average molecular weight is 348 g/mol. The van der Waals surface area contributed by atoms with E-state index in [4.69, 9.17) is 5.73 Å². The minimum Gasteiger partial charge on any atom is -0.404 e. The van der Waals surface area contributed by atoms with E-state index in [9.17, 15) is 0 Å². The first kappa shape index (κ1) is 18.1. The molecule has 0 bridgehead atoms. The number of rotatable bonds is 5. The number of hydrogen-bond donors (Lipinski definition) is 4. The van der Waals surface area contributed by atoms with Crippen molar-refractivity contribution in [2.45, 2.75) is 18.9 Å². The third-order valence-corrected chi connectivity index (χ3v) is 4.88. The molecule has 1 heterocycles. The minimum atomic E-state index is 0.466. The van der Waals surface area contributed by atoms with E-state index in [1.165, 1.54) is 11.1 Å². The van der Waals surface area contributed by atoms with Gasteiger partial charge in [-0.2, -0.15) is 0 Å². The molecule has 2 aromatic carbocycles. The minimum absolute atomic E-state index is 0.466. The number of hydrogen-bond acceptors (Lipinski definition) is 4. The highest BCUT2D eigenvalue weighted by Crippen LogP contribution is 2.22. The summed E-state index contributed by atoms with van der Waals surface area (Å²) in [4.78, 5) is 0. The van der Waals surface area contributed by atoms with Crippen LogP contribution in [-0.4, -0.2) is 26.2 Å². The number of benzene rings is 2. The Kier molecular flexibility index (Phi) is 5.97. The molecule has 4 heteroatoms. The van der Waals surface area contributed by atoms with Gasteiger partial charge in [0.1, 0.15) is 0 Å². The SMILES string of the molecule is C=C/C=c1/cc(-c2ccc(NC)cc2)cc(NC2CCNCC2)/c1=C/N. The third kappa shape index (κ3) is 4.09. The quantitative estimate of drug-likeness (QED) is 0.669. The van der Waals surface area contributed by atoms with E-state index in [-0.39, 0.29) is 0 Å². The highest BCUT2D eigenvalue weighted by molar-refractivity contribution is 5.71. The summed E-state index contributed by atoms with van der Waals surface area (Å²) in [5.41, 5.74) is 10.5. The second kappa shape index (κ2) is 8.59. The van der Waals surface area contributed by atoms with Gasteiger partial charge < -0.3 is 21.7 Å². The van der Waals surface area contributed by atoms with Gasteiger partial charge in [0.05, 0.1) is 0 Å². The van der Waals surface area contributed by atoms with Crippen molar-refractivity contribution >= 4 is 23.7 Å². The summed E-state index contributed by atoms with van der Waals surface area (Å²) in [6.07, 6.45) is 7.74. The van der Waals surface area contributed by atoms with Crippen LogP contribution in [0.5, 0.6) is 0 Å². The third-order valence-electron chi connectivity index (χ3n) is 4.88. The van der Waals surface area contributed by atoms with Gasteiger partial charge in [-0.15, -0.1) is 0 Å². The van der Waals surface area contributed by atoms with Gasteiger partial charge in [-0.05, 0) is 66.5 Å². The second-order valence-electron chi connectivity index (χ2n) is 6.59. The molecule has 0 spiro atoms. The van der Waals surface area contributed by atoms with Crippen LogP contribution >= 0.6 is 0 Å². The lowest BCUT2D eigenvalue weighted by Gasteiger charge is -2.25. The molecule has 0 amide bonds. The van der Waals surface area contributed by atoms with Crippen molar-refractivity contribution in [3.8, 4) is 11.1 Å². The maximum Gasteiger partial charge on any atom is 0.0442 e. The zero-order valence-corrected chi connectivity index (χ0v) is 15.4. The number of allylic oxidation sites excluding steroid dienone is 1. The molecule has 0 aromatic heterocycles. The van der Waals surface area contributed by atoms with Crippen LogP contribution in [-0.2, 0) is 0 Å². The second-order valence-corrected chi connectivity index (χ2v) is 6.59.